The molecule has 1 amide bonds. The van der Waals surface area contributed by atoms with Crippen molar-refractivity contribution in [2.75, 3.05) is 26.2 Å². The molecule has 0 saturated carbocycles. The Morgan fingerprint density at radius 1 is 0.967 bits per heavy atom. The van der Waals surface area contributed by atoms with Crippen LogP contribution in [0.15, 0.2) is 82.4 Å². The minimum Gasteiger partial charge on any atom is -0.338 e. The highest BCUT2D eigenvalue weighted by Crippen LogP contribution is 2.24. The lowest BCUT2D eigenvalue weighted by atomic mass is 10.1. The summed E-state index contributed by atoms with van der Waals surface area (Å²) in [6.07, 6.45) is 3.41. The molecule has 9 heteroatoms. The van der Waals surface area contributed by atoms with E-state index >= 15 is 0 Å². The Bertz CT molecular complexity index is 1110. The zero-order valence-electron chi connectivity index (χ0n) is 16.1. The average Bonchev–Trinajstić information content (AvgIpc) is 3.29. The second-order valence-electron chi connectivity index (χ2n) is 6.99. The summed E-state index contributed by atoms with van der Waals surface area (Å²) in [5, 5.41) is 4.27. The van der Waals surface area contributed by atoms with Crippen LogP contribution in [0.5, 0.6) is 0 Å². The zero-order chi connectivity index (χ0) is 21.1. The Kier molecular flexibility index (Phi) is 6.03. The quantitative estimate of drug-likeness (QED) is 0.553. The normalized spacial score (nSPS) is 16.4. The fourth-order valence-electron chi connectivity index (χ4n) is 3.58. The summed E-state index contributed by atoms with van der Waals surface area (Å²) in [5.74, 6) is -0.0931. The Balaban J connectivity index is 1.51. The fourth-order valence-corrected chi connectivity index (χ4v) is 5.59. The molecule has 7 nitrogen and oxygen atoms in total. The molecule has 0 radical (unpaired) electrons. The molecule has 0 bridgehead atoms. The Morgan fingerprint density at radius 2 is 1.70 bits per heavy atom. The van der Waals surface area contributed by atoms with E-state index in [1.807, 2.05) is 30.3 Å². The molecule has 1 aliphatic rings. The number of carbonyl (C=O) groups excluding carboxylic acids is 1. The maximum absolute atomic E-state index is 13.4. The second kappa shape index (κ2) is 8.71. The van der Waals surface area contributed by atoms with Crippen LogP contribution < -0.4 is 0 Å². The highest BCUT2D eigenvalue weighted by molar-refractivity contribution is 9.10. The molecule has 3 aromatic rings. The third-order valence-corrected chi connectivity index (χ3v) is 7.51. The molecule has 1 atom stereocenters. The zero-order valence-corrected chi connectivity index (χ0v) is 18.5. The minimum atomic E-state index is -3.60. The van der Waals surface area contributed by atoms with Crippen molar-refractivity contribution in [1.29, 1.82) is 0 Å². The summed E-state index contributed by atoms with van der Waals surface area (Å²) in [4.78, 5) is 15.3. The lowest BCUT2D eigenvalue weighted by Crippen LogP contribution is -2.52. The van der Waals surface area contributed by atoms with E-state index in [4.69, 9.17) is 0 Å². The largest absolute Gasteiger partial charge is 0.338 e. The SMILES string of the molecule is O=C(C(c1ccccc1)n1cccn1)N1CCN(S(=O)(=O)c2cccc(Br)c2)CC1. The number of amides is 1. The van der Waals surface area contributed by atoms with E-state index in [0.29, 0.717) is 17.6 Å². The van der Waals surface area contributed by atoms with Gasteiger partial charge in [-0.15, -0.1) is 0 Å². The van der Waals surface area contributed by atoms with Gasteiger partial charge in [0.2, 0.25) is 10.0 Å². The van der Waals surface area contributed by atoms with Crippen LogP contribution in [-0.2, 0) is 14.8 Å². The van der Waals surface area contributed by atoms with Gasteiger partial charge in [-0.1, -0.05) is 52.3 Å². The summed E-state index contributed by atoms with van der Waals surface area (Å²) < 4.78 is 29.7. The van der Waals surface area contributed by atoms with Crippen molar-refractivity contribution in [1.82, 2.24) is 19.0 Å². The molecule has 30 heavy (non-hydrogen) atoms. The number of piperazine rings is 1. The number of halogens is 1. The number of nitrogens with zero attached hydrogens (tertiary/aromatic N) is 4. The number of hydrogen-bond acceptors (Lipinski definition) is 4. The number of carbonyl (C=O) groups is 1. The van der Waals surface area contributed by atoms with Crippen LogP contribution in [0.3, 0.4) is 0 Å². The van der Waals surface area contributed by atoms with Gasteiger partial charge in [-0.2, -0.15) is 9.40 Å². The summed E-state index contributed by atoms with van der Waals surface area (Å²) in [7, 11) is -3.60. The lowest BCUT2D eigenvalue weighted by Gasteiger charge is -2.36. The first-order valence-electron chi connectivity index (χ1n) is 9.55. The van der Waals surface area contributed by atoms with E-state index in [1.165, 1.54) is 4.31 Å². The van der Waals surface area contributed by atoms with Crippen molar-refractivity contribution in [3.8, 4) is 0 Å². The van der Waals surface area contributed by atoms with Crippen molar-refractivity contribution in [3.63, 3.8) is 0 Å². The molecular weight excluding hydrogens is 468 g/mol. The molecule has 156 valence electrons. The van der Waals surface area contributed by atoms with Crippen LogP contribution in [0, 0.1) is 0 Å². The molecule has 4 rings (SSSR count). The van der Waals surface area contributed by atoms with Gasteiger partial charge in [-0.05, 0) is 29.8 Å². The Hall–Kier alpha value is -2.49. The van der Waals surface area contributed by atoms with Crippen LogP contribution in [0.25, 0.3) is 0 Å². The van der Waals surface area contributed by atoms with E-state index in [-0.39, 0.29) is 23.9 Å². The van der Waals surface area contributed by atoms with Crippen molar-refractivity contribution in [2.45, 2.75) is 10.9 Å². The maximum Gasteiger partial charge on any atom is 0.252 e. The van der Waals surface area contributed by atoms with E-state index < -0.39 is 16.1 Å². The molecule has 2 aromatic carbocycles. The lowest BCUT2D eigenvalue weighted by molar-refractivity contribution is -0.135. The van der Waals surface area contributed by atoms with Crippen LogP contribution in [0.1, 0.15) is 11.6 Å². The topological polar surface area (TPSA) is 75.5 Å². The van der Waals surface area contributed by atoms with Gasteiger partial charge >= 0.3 is 0 Å². The molecule has 1 unspecified atom stereocenters. The summed E-state index contributed by atoms with van der Waals surface area (Å²) in [6.45, 7) is 1.16. The van der Waals surface area contributed by atoms with Gasteiger partial charge in [-0.25, -0.2) is 8.42 Å². The van der Waals surface area contributed by atoms with Crippen molar-refractivity contribution in [3.05, 3.63) is 83.1 Å². The second-order valence-corrected chi connectivity index (χ2v) is 9.84. The van der Waals surface area contributed by atoms with Gasteiger partial charge in [-0.3, -0.25) is 9.48 Å². The summed E-state index contributed by atoms with van der Waals surface area (Å²) in [6, 6.07) is 17.4. The molecule has 1 aliphatic heterocycles. The van der Waals surface area contributed by atoms with E-state index in [2.05, 4.69) is 21.0 Å². The average molecular weight is 489 g/mol. The smallest absolute Gasteiger partial charge is 0.252 e. The van der Waals surface area contributed by atoms with Crippen molar-refractivity contribution in [2.24, 2.45) is 0 Å². The third kappa shape index (κ3) is 4.19. The Labute approximate surface area is 184 Å². The van der Waals surface area contributed by atoms with Crippen molar-refractivity contribution >= 4 is 31.9 Å². The standard InChI is InChI=1S/C21H21BrN4O3S/c22-18-8-4-9-19(16-18)30(28,29)25-14-12-24(13-15-25)21(27)20(26-11-5-10-23-26)17-6-2-1-3-7-17/h1-11,16,20H,12-15H2. The number of aromatic nitrogens is 2. The van der Waals surface area contributed by atoms with Crippen LogP contribution in [0.2, 0.25) is 0 Å². The van der Waals surface area contributed by atoms with Crippen LogP contribution in [-0.4, -0.2) is 59.5 Å². The number of rotatable bonds is 5. The van der Waals surface area contributed by atoms with E-state index in [9.17, 15) is 13.2 Å². The van der Waals surface area contributed by atoms with Crippen molar-refractivity contribution < 1.29 is 13.2 Å². The molecule has 1 saturated heterocycles. The van der Waals surface area contributed by atoms with E-state index in [0.717, 1.165) is 5.56 Å². The number of benzene rings is 2. The Morgan fingerprint density at radius 3 is 2.33 bits per heavy atom. The number of hydrogen-bond donors (Lipinski definition) is 0. The molecule has 2 heterocycles. The molecule has 1 fully saturated rings. The first-order valence-corrected chi connectivity index (χ1v) is 11.8. The first-order chi connectivity index (χ1) is 14.5. The highest BCUT2D eigenvalue weighted by atomic mass is 79.9. The molecule has 0 aliphatic carbocycles. The molecule has 0 spiro atoms. The predicted molar refractivity (Wildman–Crippen MR) is 116 cm³/mol. The fraction of sp³-hybridized carbons (Fsp3) is 0.238. The summed E-state index contributed by atoms with van der Waals surface area (Å²) in [5.41, 5.74) is 0.843. The first kappa shape index (κ1) is 20.8. The van der Waals surface area contributed by atoms with Gasteiger partial charge in [0.25, 0.3) is 5.91 Å². The monoisotopic (exact) mass is 488 g/mol. The van der Waals surface area contributed by atoms with Crippen LogP contribution >= 0.6 is 15.9 Å². The third-order valence-electron chi connectivity index (χ3n) is 5.12. The molecule has 0 N–H and O–H groups in total. The van der Waals surface area contributed by atoms with Gasteiger partial charge < -0.3 is 4.90 Å². The van der Waals surface area contributed by atoms with Crippen LogP contribution in [0.4, 0.5) is 0 Å². The molecule has 1 aromatic heterocycles. The minimum absolute atomic E-state index is 0.0931. The summed E-state index contributed by atoms with van der Waals surface area (Å²) >= 11 is 3.32. The van der Waals surface area contributed by atoms with E-state index in [1.54, 1.807) is 52.3 Å². The highest BCUT2D eigenvalue weighted by Gasteiger charge is 2.34. The van der Waals surface area contributed by atoms with Gasteiger partial charge in [0.05, 0.1) is 4.90 Å². The molecular formula is C21H21BrN4O3S. The maximum atomic E-state index is 13.4. The van der Waals surface area contributed by atoms with Gasteiger partial charge in [0.1, 0.15) is 0 Å². The van der Waals surface area contributed by atoms with Gasteiger partial charge in [0, 0.05) is 43.0 Å². The number of sulfonamides is 1. The van der Waals surface area contributed by atoms with Gasteiger partial charge in [0.15, 0.2) is 6.04 Å². The predicted octanol–water partition coefficient (Wildman–Crippen LogP) is 2.77.